The van der Waals surface area contributed by atoms with Crippen LogP contribution in [0.1, 0.15) is 46.2 Å². The van der Waals surface area contributed by atoms with Gasteiger partial charge in [-0.1, -0.05) is 27.6 Å². The zero-order valence-electron chi connectivity index (χ0n) is 15.7. The SMILES string of the molecule is Cc1cc(C)cc(C(=O)N2CCC(n3cc(-c4nc(C)no4)nn3)CC2)c1. The molecule has 1 aliphatic heterocycles. The summed E-state index contributed by atoms with van der Waals surface area (Å²) >= 11 is 0. The summed E-state index contributed by atoms with van der Waals surface area (Å²) in [7, 11) is 0. The number of hydrogen-bond donors (Lipinski definition) is 0. The van der Waals surface area contributed by atoms with Gasteiger partial charge in [-0.05, 0) is 45.7 Å². The highest BCUT2D eigenvalue weighted by Crippen LogP contribution is 2.25. The topological polar surface area (TPSA) is 89.9 Å². The molecule has 3 heterocycles. The van der Waals surface area contributed by atoms with Crippen LogP contribution >= 0.6 is 0 Å². The molecule has 140 valence electrons. The normalized spacial score (nSPS) is 15.3. The molecular weight excluding hydrogens is 344 g/mol. The fourth-order valence-corrected chi connectivity index (χ4v) is 3.57. The predicted molar refractivity (Wildman–Crippen MR) is 98.1 cm³/mol. The second-order valence-corrected chi connectivity index (χ2v) is 7.13. The van der Waals surface area contributed by atoms with Crippen molar-refractivity contribution in [1.29, 1.82) is 0 Å². The van der Waals surface area contributed by atoms with Gasteiger partial charge in [0.15, 0.2) is 11.5 Å². The van der Waals surface area contributed by atoms with E-state index < -0.39 is 0 Å². The molecule has 4 rings (SSSR count). The summed E-state index contributed by atoms with van der Waals surface area (Å²) in [6.45, 7) is 7.20. The third-order valence-electron chi connectivity index (χ3n) is 4.85. The quantitative estimate of drug-likeness (QED) is 0.708. The maximum atomic E-state index is 12.8. The number of carbonyl (C=O) groups excluding carboxylic acids is 1. The molecular formula is C19H22N6O2. The van der Waals surface area contributed by atoms with Gasteiger partial charge >= 0.3 is 0 Å². The highest BCUT2D eigenvalue weighted by Gasteiger charge is 2.26. The molecule has 0 aliphatic carbocycles. The van der Waals surface area contributed by atoms with E-state index in [4.69, 9.17) is 4.52 Å². The van der Waals surface area contributed by atoms with E-state index in [1.165, 1.54) is 0 Å². The lowest BCUT2D eigenvalue weighted by Gasteiger charge is -2.32. The third-order valence-corrected chi connectivity index (χ3v) is 4.85. The van der Waals surface area contributed by atoms with Crippen LogP contribution in [0.2, 0.25) is 0 Å². The Morgan fingerprint density at radius 2 is 1.81 bits per heavy atom. The van der Waals surface area contributed by atoms with E-state index in [0.717, 1.165) is 29.5 Å². The summed E-state index contributed by atoms with van der Waals surface area (Å²) < 4.78 is 6.98. The van der Waals surface area contributed by atoms with Crippen LogP contribution in [0.25, 0.3) is 11.6 Å². The Kier molecular flexibility index (Phi) is 4.47. The summed E-state index contributed by atoms with van der Waals surface area (Å²) in [5.41, 5.74) is 3.56. The summed E-state index contributed by atoms with van der Waals surface area (Å²) in [5, 5.41) is 12.1. The first-order chi connectivity index (χ1) is 13.0. The summed E-state index contributed by atoms with van der Waals surface area (Å²) in [6.07, 6.45) is 3.50. The molecule has 0 N–H and O–H groups in total. The molecule has 0 atom stereocenters. The predicted octanol–water partition coefficient (Wildman–Crippen LogP) is 2.73. The van der Waals surface area contributed by atoms with Crippen molar-refractivity contribution in [3.8, 4) is 11.6 Å². The van der Waals surface area contributed by atoms with Crippen molar-refractivity contribution in [3.63, 3.8) is 0 Å². The molecule has 2 aromatic heterocycles. The molecule has 1 fully saturated rings. The van der Waals surface area contributed by atoms with Gasteiger partial charge in [-0.25, -0.2) is 4.68 Å². The molecule has 3 aromatic rings. The zero-order chi connectivity index (χ0) is 19.0. The molecule has 1 saturated heterocycles. The first-order valence-electron chi connectivity index (χ1n) is 9.09. The first-order valence-corrected chi connectivity index (χ1v) is 9.09. The number of rotatable bonds is 3. The summed E-state index contributed by atoms with van der Waals surface area (Å²) in [6, 6.07) is 6.20. The van der Waals surface area contributed by atoms with Crippen molar-refractivity contribution >= 4 is 5.91 Å². The zero-order valence-corrected chi connectivity index (χ0v) is 15.7. The third kappa shape index (κ3) is 3.60. The van der Waals surface area contributed by atoms with Gasteiger partial charge in [-0.15, -0.1) is 5.10 Å². The molecule has 8 heteroatoms. The van der Waals surface area contributed by atoms with E-state index in [9.17, 15) is 4.79 Å². The average molecular weight is 366 g/mol. The van der Waals surface area contributed by atoms with Crippen molar-refractivity contribution in [2.45, 2.75) is 39.7 Å². The van der Waals surface area contributed by atoms with Gasteiger partial charge in [-0.2, -0.15) is 4.98 Å². The van der Waals surface area contributed by atoms with Crippen LogP contribution in [-0.2, 0) is 0 Å². The molecule has 1 amide bonds. The second-order valence-electron chi connectivity index (χ2n) is 7.13. The van der Waals surface area contributed by atoms with E-state index in [0.29, 0.717) is 30.5 Å². The van der Waals surface area contributed by atoms with Gasteiger partial charge in [0.2, 0.25) is 0 Å². The molecule has 0 unspecified atom stereocenters. The lowest BCUT2D eigenvalue weighted by Crippen LogP contribution is -2.39. The van der Waals surface area contributed by atoms with Crippen LogP contribution in [-0.4, -0.2) is 49.0 Å². The molecule has 27 heavy (non-hydrogen) atoms. The number of aryl methyl sites for hydroxylation is 3. The van der Waals surface area contributed by atoms with Gasteiger partial charge in [0.1, 0.15) is 0 Å². The maximum absolute atomic E-state index is 12.8. The van der Waals surface area contributed by atoms with Crippen LogP contribution in [0.3, 0.4) is 0 Å². The number of nitrogens with zero attached hydrogens (tertiary/aromatic N) is 6. The van der Waals surface area contributed by atoms with E-state index >= 15 is 0 Å². The lowest BCUT2D eigenvalue weighted by molar-refractivity contribution is 0.0689. The lowest BCUT2D eigenvalue weighted by atomic mass is 10.0. The van der Waals surface area contributed by atoms with Crippen LogP contribution < -0.4 is 0 Å². The van der Waals surface area contributed by atoms with Crippen LogP contribution in [0.4, 0.5) is 0 Å². The van der Waals surface area contributed by atoms with Gasteiger partial charge in [0, 0.05) is 18.7 Å². The molecule has 0 saturated carbocycles. The van der Waals surface area contributed by atoms with Crippen LogP contribution in [0.15, 0.2) is 28.9 Å². The van der Waals surface area contributed by atoms with Crippen molar-refractivity contribution in [1.82, 2.24) is 30.0 Å². The van der Waals surface area contributed by atoms with Crippen molar-refractivity contribution < 1.29 is 9.32 Å². The summed E-state index contributed by atoms with van der Waals surface area (Å²) in [4.78, 5) is 18.9. The number of likely N-dealkylation sites (tertiary alicyclic amines) is 1. The number of aromatic nitrogens is 5. The number of amides is 1. The highest BCUT2D eigenvalue weighted by atomic mass is 16.5. The molecule has 0 spiro atoms. The van der Waals surface area contributed by atoms with Gasteiger partial charge in [0.25, 0.3) is 11.8 Å². The molecule has 8 nitrogen and oxygen atoms in total. The number of benzene rings is 1. The molecule has 1 aliphatic rings. The monoisotopic (exact) mass is 366 g/mol. The van der Waals surface area contributed by atoms with Crippen LogP contribution in [0, 0.1) is 20.8 Å². The van der Waals surface area contributed by atoms with Gasteiger partial charge in [-0.3, -0.25) is 4.79 Å². The maximum Gasteiger partial charge on any atom is 0.280 e. The van der Waals surface area contributed by atoms with E-state index in [1.807, 2.05) is 41.8 Å². The Labute approximate surface area is 157 Å². The first kappa shape index (κ1) is 17.4. The molecule has 0 radical (unpaired) electrons. The summed E-state index contributed by atoms with van der Waals surface area (Å²) in [5.74, 6) is 1.04. The van der Waals surface area contributed by atoms with E-state index in [1.54, 1.807) is 6.92 Å². The Morgan fingerprint density at radius 1 is 1.11 bits per heavy atom. The number of hydrogen-bond acceptors (Lipinski definition) is 6. The molecule has 1 aromatic carbocycles. The fraction of sp³-hybridized carbons (Fsp3) is 0.421. The van der Waals surface area contributed by atoms with Crippen LogP contribution in [0.5, 0.6) is 0 Å². The highest BCUT2D eigenvalue weighted by molar-refractivity contribution is 5.94. The Morgan fingerprint density at radius 3 is 2.44 bits per heavy atom. The van der Waals surface area contributed by atoms with Crippen molar-refractivity contribution in [2.75, 3.05) is 13.1 Å². The molecule has 0 bridgehead atoms. The second kappa shape index (κ2) is 6.94. The fourth-order valence-electron chi connectivity index (χ4n) is 3.57. The van der Waals surface area contributed by atoms with Gasteiger partial charge < -0.3 is 9.42 Å². The largest absolute Gasteiger partial charge is 0.338 e. The average Bonchev–Trinajstić information content (AvgIpc) is 3.29. The smallest absolute Gasteiger partial charge is 0.280 e. The van der Waals surface area contributed by atoms with E-state index in [-0.39, 0.29) is 11.9 Å². The minimum Gasteiger partial charge on any atom is -0.338 e. The van der Waals surface area contributed by atoms with E-state index in [2.05, 4.69) is 26.5 Å². The van der Waals surface area contributed by atoms with Crippen molar-refractivity contribution in [3.05, 3.63) is 46.9 Å². The number of piperidine rings is 1. The minimum atomic E-state index is 0.0980. The number of carbonyl (C=O) groups is 1. The van der Waals surface area contributed by atoms with Gasteiger partial charge in [0.05, 0.1) is 12.2 Å². The minimum absolute atomic E-state index is 0.0980. The Balaban J connectivity index is 1.41. The van der Waals surface area contributed by atoms with Crippen molar-refractivity contribution in [2.24, 2.45) is 0 Å². The Bertz CT molecular complexity index is 948. The Hall–Kier alpha value is -3.03. The standard InChI is InChI=1S/C19H22N6O2/c1-12-8-13(2)10-15(9-12)19(26)24-6-4-16(5-7-24)25-11-17(21-23-25)18-20-14(3)22-27-18/h8-11,16H,4-7H2,1-3H3.